The summed E-state index contributed by atoms with van der Waals surface area (Å²) < 4.78 is 0. The minimum absolute atomic E-state index is 0.485. The zero-order valence-electron chi connectivity index (χ0n) is 14.5. The van der Waals surface area contributed by atoms with E-state index in [9.17, 15) is 0 Å². The van der Waals surface area contributed by atoms with E-state index in [1.807, 2.05) is 0 Å². The molecule has 1 heteroatoms. The van der Waals surface area contributed by atoms with E-state index < -0.39 is 0 Å². The summed E-state index contributed by atoms with van der Waals surface area (Å²) in [6.45, 7) is 15.8. The molecule has 0 aromatic heterocycles. The second kappa shape index (κ2) is 7.52. The van der Waals surface area contributed by atoms with Crippen LogP contribution in [0.3, 0.4) is 0 Å². The molecule has 0 amide bonds. The molecule has 0 spiro atoms. The fourth-order valence-electron chi connectivity index (χ4n) is 4.66. The van der Waals surface area contributed by atoms with E-state index in [2.05, 4.69) is 41.2 Å². The zero-order chi connectivity index (χ0) is 15.3. The van der Waals surface area contributed by atoms with Gasteiger partial charge in [-0.3, -0.25) is 0 Å². The summed E-state index contributed by atoms with van der Waals surface area (Å²) in [6, 6.07) is 0. The fraction of sp³-hybridized carbons (Fsp3) is 0.895. The molecule has 0 radical (unpaired) electrons. The Balaban J connectivity index is 2.42. The van der Waals surface area contributed by atoms with Crippen LogP contribution in [0.2, 0.25) is 0 Å². The Morgan fingerprint density at radius 3 is 2.30 bits per heavy atom. The van der Waals surface area contributed by atoms with Crippen molar-refractivity contribution in [1.82, 2.24) is 0 Å². The third-order valence-electron chi connectivity index (χ3n) is 6.53. The highest BCUT2D eigenvalue weighted by molar-refractivity contribution is 4.96. The van der Waals surface area contributed by atoms with Crippen LogP contribution >= 0.6 is 0 Å². The maximum Gasteiger partial charge on any atom is 0.00362 e. The van der Waals surface area contributed by atoms with Crippen molar-refractivity contribution < 1.29 is 0 Å². The number of hydrogen-bond acceptors (Lipinski definition) is 1. The van der Waals surface area contributed by atoms with E-state index in [0.717, 1.165) is 23.5 Å². The van der Waals surface area contributed by atoms with Crippen LogP contribution in [0.4, 0.5) is 0 Å². The van der Waals surface area contributed by atoms with Gasteiger partial charge in [-0.1, -0.05) is 66.9 Å². The highest BCUT2D eigenvalue weighted by Gasteiger charge is 2.46. The molecule has 20 heavy (non-hydrogen) atoms. The highest BCUT2D eigenvalue weighted by atomic mass is 14.6. The molecule has 1 aliphatic rings. The van der Waals surface area contributed by atoms with Crippen LogP contribution in [0.25, 0.3) is 0 Å². The molecule has 1 rings (SSSR count). The third kappa shape index (κ3) is 3.80. The maximum atomic E-state index is 5.76. The Hall–Kier alpha value is -0.460. The molecule has 0 aliphatic heterocycles. The number of allylic oxidation sites excluding steroid dienone is 1. The quantitative estimate of drug-likeness (QED) is 0.562. The van der Waals surface area contributed by atoms with E-state index in [1.165, 1.54) is 44.9 Å². The van der Waals surface area contributed by atoms with Crippen molar-refractivity contribution in [2.24, 2.45) is 34.8 Å². The van der Waals surface area contributed by atoms with Crippen LogP contribution in [0.15, 0.2) is 12.3 Å². The Bertz CT molecular complexity index is 303. The summed E-state index contributed by atoms with van der Waals surface area (Å²) in [5.74, 6) is 3.23. The molecule has 0 saturated heterocycles. The molecule has 0 heterocycles. The first-order valence-electron chi connectivity index (χ1n) is 8.82. The van der Waals surface area contributed by atoms with Gasteiger partial charge in [0.1, 0.15) is 0 Å². The highest BCUT2D eigenvalue weighted by Crippen LogP contribution is 2.55. The van der Waals surface area contributed by atoms with Crippen molar-refractivity contribution in [1.29, 1.82) is 0 Å². The fourth-order valence-corrected chi connectivity index (χ4v) is 4.66. The minimum Gasteiger partial charge on any atom is -0.402 e. The van der Waals surface area contributed by atoms with Crippen molar-refractivity contribution in [3.05, 3.63) is 12.3 Å². The lowest BCUT2D eigenvalue weighted by Crippen LogP contribution is -2.24. The summed E-state index contributed by atoms with van der Waals surface area (Å²) in [5, 5.41) is 0. The Labute approximate surface area is 127 Å². The van der Waals surface area contributed by atoms with Gasteiger partial charge in [0.25, 0.3) is 0 Å². The number of rotatable bonds is 8. The lowest BCUT2D eigenvalue weighted by atomic mass is 9.72. The molecule has 118 valence electrons. The lowest BCUT2D eigenvalue weighted by Gasteiger charge is -2.33. The summed E-state index contributed by atoms with van der Waals surface area (Å²) in [5.41, 5.74) is 7.24. The summed E-state index contributed by atoms with van der Waals surface area (Å²) in [6.07, 6.45) is 9.44. The van der Waals surface area contributed by atoms with Gasteiger partial charge in [0.15, 0.2) is 0 Å². The van der Waals surface area contributed by atoms with Gasteiger partial charge in [-0.25, -0.2) is 0 Å². The van der Waals surface area contributed by atoms with E-state index in [1.54, 1.807) is 0 Å². The van der Waals surface area contributed by atoms with Gasteiger partial charge in [0.2, 0.25) is 0 Å². The maximum absolute atomic E-state index is 5.76. The first kappa shape index (κ1) is 17.6. The van der Waals surface area contributed by atoms with Crippen molar-refractivity contribution in [2.45, 2.75) is 79.6 Å². The molecule has 1 fully saturated rings. The van der Waals surface area contributed by atoms with Crippen LogP contribution in [0.5, 0.6) is 0 Å². The van der Waals surface area contributed by atoms with Crippen LogP contribution < -0.4 is 5.73 Å². The molecule has 0 bridgehead atoms. The van der Waals surface area contributed by atoms with Crippen molar-refractivity contribution in [3.8, 4) is 0 Å². The van der Waals surface area contributed by atoms with Gasteiger partial charge in [-0.2, -0.15) is 0 Å². The largest absolute Gasteiger partial charge is 0.402 e. The van der Waals surface area contributed by atoms with Crippen molar-refractivity contribution in [2.75, 3.05) is 0 Å². The molecule has 4 unspecified atom stereocenters. The minimum atomic E-state index is 0.485. The van der Waals surface area contributed by atoms with E-state index in [-0.39, 0.29) is 0 Å². The number of hydrogen-bond donors (Lipinski definition) is 1. The smallest absolute Gasteiger partial charge is 0.00362 e. The Morgan fingerprint density at radius 2 is 1.85 bits per heavy atom. The second-order valence-corrected chi connectivity index (χ2v) is 7.46. The normalized spacial score (nSPS) is 30.4. The molecule has 2 N–H and O–H groups in total. The van der Waals surface area contributed by atoms with Gasteiger partial charge in [0, 0.05) is 5.70 Å². The molecule has 1 aliphatic carbocycles. The van der Waals surface area contributed by atoms with Gasteiger partial charge in [-0.05, 0) is 48.3 Å². The Kier molecular flexibility index (Phi) is 6.61. The summed E-state index contributed by atoms with van der Waals surface area (Å²) >= 11 is 0. The molecule has 0 aromatic carbocycles. The topological polar surface area (TPSA) is 26.0 Å². The van der Waals surface area contributed by atoms with E-state index in [4.69, 9.17) is 5.73 Å². The van der Waals surface area contributed by atoms with Crippen molar-refractivity contribution in [3.63, 3.8) is 0 Å². The lowest BCUT2D eigenvalue weighted by molar-refractivity contribution is 0.164. The van der Waals surface area contributed by atoms with Crippen LogP contribution in [0.1, 0.15) is 79.6 Å². The molecule has 1 saturated carbocycles. The molecule has 1 nitrogen and oxygen atoms in total. The third-order valence-corrected chi connectivity index (χ3v) is 6.53. The van der Waals surface area contributed by atoms with Gasteiger partial charge in [-0.15, -0.1) is 0 Å². The van der Waals surface area contributed by atoms with Gasteiger partial charge >= 0.3 is 0 Å². The second-order valence-electron chi connectivity index (χ2n) is 7.46. The standard InChI is InChI=1S/C19H37N/c1-7-19(8-2)13-15(4)18(16(19)5)12-10-9-11-14(3)17(6)20/h14-16,18H,6-13,20H2,1-5H3. The SMILES string of the molecule is C=C(N)C(C)CCCCC1C(C)CC(CC)(CC)C1C. The molecule has 0 aromatic rings. The number of unbranched alkanes of at least 4 members (excludes halogenated alkanes) is 1. The predicted molar refractivity (Wildman–Crippen MR) is 90.4 cm³/mol. The zero-order valence-corrected chi connectivity index (χ0v) is 14.5. The number of nitrogens with two attached hydrogens (primary N) is 1. The summed E-state index contributed by atoms with van der Waals surface area (Å²) in [4.78, 5) is 0. The first-order chi connectivity index (χ1) is 9.38. The average molecular weight is 280 g/mol. The van der Waals surface area contributed by atoms with E-state index in [0.29, 0.717) is 11.3 Å². The van der Waals surface area contributed by atoms with Gasteiger partial charge in [0.05, 0.1) is 0 Å². The molecular weight excluding hydrogens is 242 g/mol. The van der Waals surface area contributed by atoms with E-state index >= 15 is 0 Å². The van der Waals surface area contributed by atoms with Crippen molar-refractivity contribution >= 4 is 0 Å². The first-order valence-corrected chi connectivity index (χ1v) is 8.82. The average Bonchev–Trinajstić information content (AvgIpc) is 2.66. The van der Waals surface area contributed by atoms with Crippen LogP contribution in [-0.2, 0) is 0 Å². The predicted octanol–water partition coefficient (Wildman–Crippen LogP) is 5.75. The Morgan fingerprint density at radius 1 is 1.25 bits per heavy atom. The van der Waals surface area contributed by atoms with Crippen LogP contribution in [0, 0.1) is 29.1 Å². The van der Waals surface area contributed by atoms with Gasteiger partial charge < -0.3 is 5.73 Å². The molecule has 4 atom stereocenters. The van der Waals surface area contributed by atoms with Crippen LogP contribution in [-0.4, -0.2) is 0 Å². The monoisotopic (exact) mass is 279 g/mol. The summed E-state index contributed by atoms with van der Waals surface area (Å²) in [7, 11) is 0. The molecular formula is C19H37N.